The highest BCUT2D eigenvalue weighted by molar-refractivity contribution is 6.38. The summed E-state index contributed by atoms with van der Waals surface area (Å²) in [6, 6.07) is 12.1. The number of piperazine rings is 2. The van der Waals surface area contributed by atoms with Gasteiger partial charge in [0.15, 0.2) is 0 Å². The largest absolute Gasteiger partial charge is 0.496 e. The van der Waals surface area contributed by atoms with Gasteiger partial charge in [0.1, 0.15) is 11.8 Å². The van der Waals surface area contributed by atoms with E-state index in [0.717, 1.165) is 30.6 Å². The monoisotopic (exact) mass is 976 g/mol. The smallest absolute Gasteiger partial charge is 0.264 e. The third-order valence-electron chi connectivity index (χ3n) is 12.2. The van der Waals surface area contributed by atoms with Crippen molar-refractivity contribution in [2.24, 2.45) is 0 Å². The Bertz CT molecular complexity index is 2490. The third kappa shape index (κ3) is 11.6. The number of amides is 8. The van der Waals surface area contributed by atoms with E-state index in [9.17, 15) is 38.4 Å². The number of imide groups is 2. The van der Waals surface area contributed by atoms with Gasteiger partial charge in [-0.3, -0.25) is 53.5 Å². The Hall–Kier alpha value is -6.01. The SMILES string of the molecule is COc1cc(Cl)c(-c2cc(Cl)ccc2Cl)cc1C(=O)N1CCN(C(=O)/C=C/C(=O)N2CCN(CC(=O)NCCCCCCNc3cccc4c3C(=O)N(C3CCC(=O)NC3=O)C4=O)CC2)CC1. The molecule has 3 saturated heterocycles. The maximum Gasteiger partial charge on any atom is 0.264 e. The molecule has 0 spiro atoms. The van der Waals surface area contributed by atoms with Crippen molar-refractivity contribution in [3.63, 3.8) is 0 Å². The van der Waals surface area contributed by atoms with Crippen LogP contribution in [-0.2, 0) is 24.0 Å². The van der Waals surface area contributed by atoms with Gasteiger partial charge in [0, 0.05) is 117 Å². The summed E-state index contributed by atoms with van der Waals surface area (Å²) in [6.45, 7) is 4.20. The number of piperidine rings is 1. The van der Waals surface area contributed by atoms with Crippen LogP contribution >= 0.6 is 34.8 Å². The number of benzene rings is 3. The number of ether oxygens (including phenoxy) is 1. The van der Waals surface area contributed by atoms with Gasteiger partial charge in [0.2, 0.25) is 29.5 Å². The Kier molecular flexibility index (Phi) is 16.2. The fraction of sp³-hybridized carbons (Fsp3) is 0.404. The number of fused-ring (bicyclic) bond motifs is 1. The molecule has 0 saturated carbocycles. The fourth-order valence-corrected chi connectivity index (χ4v) is 9.20. The van der Waals surface area contributed by atoms with Gasteiger partial charge in [-0.25, -0.2) is 0 Å². The van der Waals surface area contributed by atoms with E-state index in [1.807, 2.05) is 4.90 Å². The molecular formula is C47H51Cl3N8O9. The number of carbonyl (C=O) groups is 8. The van der Waals surface area contributed by atoms with Crippen molar-refractivity contribution >= 4 is 87.7 Å². The zero-order chi connectivity index (χ0) is 47.8. The highest BCUT2D eigenvalue weighted by Gasteiger charge is 2.45. The van der Waals surface area contributed by atoms with E-state index in [2.05, 4.69) is 16.0 Å². The van der Waals surface area contributed by atoms with Gasteiger partial charge in [-0.05, 0) is 55.7 Å². The molecule has 0 radical (unpaired) electrons. The quantitative estimate of drug-likeness (QED) is 0.104. The molecule has 8 amide bonds. The molecule has 3 fully saturated rings. The second-order valence-electron chi connectivity index (χ2n) is 16.6. The molecule has 17 nitrogen and oxygen atoms in total. The number of unbranched alkanes of at least 4 members (excludes halogenated alkanes) is 3. The lowest BCUT2D eigenvalue weighted by molar-refractivity contribution is -0.136. The summed E-state index contributed by atoms with van der Waals surface area (Å²) in [5, 5.41) is 9.63. The van der Waals surface area contributed by atoms with Gasteiger partial charge >= 0.3 is 0 Å². The summed E-state index contributed by atoms with van der Waals surface area (Å²) in [7, 11) is 1.45. The van der Waals surface area contributed by atoms with Crippen LogP contribution in [-0.4, -0.2) is 157 Å². The van der Waals surface area contributed by atoms with Crippen molar-refractivity contribution < 1.29 is 43.1 Å². The number of anilines is 1. The molecule has 0 bridgehead atoms. The summed E-state index contributed by atoms with van der Waals surface area (Å²) in [5.41, 5.74) is 2.36. The average Bonchev–Trinajstić information content (AvgIpc) is 3.58. The number of nitrogens with zero attached hydrogens (tertiary/aromatic N) is 5. The van der Waals surface area contributed by atoms with E-state index in [4.69, 9.17) is 39.5 Å². The first-order chi connectivity index (χ1) is 32.2. The molecule has 4 heterocycles. The van der Waals surface area contributed by atoms with Crippen molar-refractivity contribution in [1.29, 1.82) is 0 Å². The molecular weight excluding hydrogens is 927 g/mol. The Morgan fingerprint density at radius 2 is 1.37 bits per heavy atom. The molecule has 0 aromatic heterocycles. The van der Waals surface area contributed by atoms with Crippen LogP contribution in [0.1, 0.15) is 69.6 Å². The number of hydrogen-bond acceptors (Lipinski definition) is 11. The number of methoxy groups -OCH3 is 1. The number of nitrogens with one attached hydrogen (secondary N) is 3. The second kappa shape index (κ2) is 22.2. The first-order valence-corrected chi connectivity index (χ1v) is 23.3. The van der Waals surface area contributed by atoms with Gasteiger partial charge in [-0.2, -0.15) is 0 Å². The lowest BCUT2D eigenvalue weighted by Gasteiger charge is -2.35. The molecule has 354 valence electrons. The van der Waals surface area contributed by atoms with Crippen LogP contribution in [0.2, 0.25) is 15.1 Å². The van der Waals surface area contributed by atoms with Crippen molar-refractivity contribution in [2.75, 3.05) is 84.4 Å². The number of carbonyl (C=O) groups excluding carboxylic acids is 8. The standard InChI is InChI=1S/C47H51Cl3N8O9/c1-67-38-27-35(50)32(31-25-29(48)9-10-34(31)49)26-33(38)45(64)57-23-21-56(22-24-57)42(62)14-13-41(61)55-19-17-54(18-20-55)28-40(60)52-16-5-3-2-4-15-51-36-8-6-7-30-43(36)47(66)58(46(30)65)37-11-12-39(59)53-44(37)63/h6-10,13-14,25-27,37,51H,2-5,11-12,15-24,28H2,1H3,(H,52,60)(H,53,59,63)/b14-13+. The molecule has 7 rings (SSSR count). The minimum Gasteiger partial charge on any atom is -0.496 e. The van der Waals surface area contributed by atoms with E-state index < -0.39 is 29.7 Å². The van der Waals surface area contributed by atoms with E-state index in [1.165, 1.54) is 19.3 Å². The predicted molar refractivity (Wildman–Crippen MR) is 251 cm³/mol. The van der Waals surface area contributed by atoms with Gasteiger partial charge in [-0.1, -0.05) is 53.7 Å². The lowest BCUT2D eigenvalue weighted by atomic mass is 10.0. The van der Waals surface area contributed by atoms with Crippen molar-refractivity contribution in [1.82, 2.24) is 35.1 Å². The summed E-state index contributed by atoms with van der Waals surface area (Å²) in [4.78, 5) is 111. The van der Waals surface area contributed by atoms with E-state index in [-0.39, 0.29) is 80.3 Å². The Morgan fingerprint density at radius 3 is 2.04 bits per heavy atom. The summed E-state index contributed by atoms with van der Waals surface area (Å²) < 4.78 is 5.49. The highest BCUT2D eigenvalue weighted by Crippen LogP contribution is 2.39. The molecule has 3 aromatic rings. The molecule has 67 heavy (non-hydrogen) atoms. The average molecular weight is 978 g/mol. The first-order valence-electron chi connectivity index (χ1n) is 22.2. The molecule has 3 N–H and O–H groups in total. The van der Waals surface area contributed by atoms with Crippen LogP contribution in [0.4, 0.5) is 5.69 Å². The normalized spacial score (nSPS) is 17.8. The minimum absolute atomic E-state index is 0.0535. The number of hydrogen-bond donors (Lipinski definition) is 3. The third-order valence-corrected chi connectivity index (χ3v) is 13.1. The zero-order valence-corrected chi connectivity index (χ0v) is 39.2. The fourth-order valence-electron chi connectivity index (χ4n) is 8.56. The molecule has 1 atom stereocenters. The van der Waals surface area contributed by atoms with Gasteiger partial charge in [-0.15, -0.1) is 0 Å². The second-order valence-corrected chi connectivity index (χ2v) is 17.8. The number of rotatable bonds is 16. The summed E-state index contributed by atoms with van der Waals surface area (Å²) in [6.07, 6.45) is 5.98. The molecule has 3 aromatic carbocycles. The van der Waals surface area contributed by atoms with Crippen LogP contribution in [0.3, 0.4) is 0 Å². The topological polar surface area (TPSA) is 198 Å². The van der Waals surface area contributed by atoms with Crippen molar-refractivity contribution in [2.45, 2.75) is 44.6 Å². The molecule has 4 aliphatic rings. The van der Waals surface area contributed by atoms with E-state index in [1.54, 1.807) is 63.2 Å². The molecule has 4 aliphatic heterocycles. The first kappa shape index (κ1) is 48.9. The Labute approximate surface area is 402 Å². The molecule has 1 unspecified atom stereocenters. The molecule has 0 aliphatic carbocycles. The van der Waals surface area contributed by atoms with Crippen LogP contribution in [0, 0.1) is 0 Å². The van der Waals surface area contributed by atoms with Crippen LogP contribution in [0.15, 0.2) is 60.7 Å². The highest BCUT2D eigenvalue weighted by atomic mass is 35.5. The Balaban J connectivity index is 0.761. The van der Waals surface area contributed by atoms with Crippen molar-refractivity contribution in [3.05, 3.63) is 92.4 Å². The maximum absolute atomic E-state index is 13.7. The van der Waals surface area contributed by atoms with Crippen LogP contribution < -0.4 is 20.7 Å². The van der Waals surface area contributed by atoms with Crippen LogP contribution in [0.25, 0.3) is 11.1 Å². The molecule has 20 heteroatoms. The summed E-state index contributed by atoms with van der Waals surface area (Å²) in [5.74, 6) is -2.90. The lowest BCUT2D eigenvalue weighted by Crippen LogP contribution is -2.54. The van der Waals surface area contributed by atoms with Crippen molar-refractivity contribution in [3.8, 4) is 16.9 Å². The van der Waals surface area contributed by atoms with Gasteiger partial charge in [0.05, 0.1) is 35.4 Å². The van der Waals surface area contributed by atoms with Gasteiger partial charge < -0.3 is 30.1 Å². The maximum atomic E-state index is 13.7. The minimum atomic E-state index is -1.02. The Morgan fingerprint density at radius 1 is 0.731 bits per heavy atom. The number of halogens is 3. The van der Waals surface area contributed by atoms with Gasteiger partial charge in [0.25, 0.3) is 17.7 Å². The summed E-state index contributed by atoms with van der Waals surface area (Å²) >= 11 is 19.2. The van der Waals surface area contributed by atoms with Crippen LogP contribution in [0.5, 0.6) is 5.75 Å². The zero-order valence-electron chi connectivity index (χ0n) is 36.9. The van der Waals surface area contributed by atoms with E-state index in [0.29, 0.717) is 82.5 Å². The van der Waals surface area contributed by atoms with E-state index >= 15 is 0 Å². The predicted octanol–water partition coefficient (Wildman–Crippen LogP) is 4.50.